The van der Waals surface area contributed by atoms with E-state index in [4.69, 9.17) is 32.7 Å². The number of carboxylic acid groups (broad SMARTS) is 1. The van der Waals surface area contributed by atoms with Crippen LogP contribution in [0, 0.1) is 5.82 Å². The second-order valence-corrected chi connectivity index (χ2v) is 11.6. The minimum atomic E-state index is -2.17. The summed E-state index contributed by atoms with van der Waals surface area (Å²) in [5.41, 5.74) is -6.07. The van der Waals surface area contributed by atoms with Gasteiger partial charge in [0, 0.05) is 48.8 Å². The van der Waals surface area contributed by atoms with Gasteiger partial charge in [0.15, 0.2) is 5.72 Å². The number of nitrogens with zero attached hydrogens (tertiary/aromatic N) is 1. The van der Waals surface area contributed by atoms with Gasteiger partial charge in [-0.05, 0) is 54.4 Å². The lowest BCUT2D eigenvalue weighted by Gasteiger charge is -2.43. The van der Waals surface area contributed by atoms with Crippen molar-refractivity contribution in [1.29, 1.82) is 0 Å². The fourth-order valence-electron chi connectivity index (χ4n) is 6.08. The molecule has 7 nitrogen and oxygen atoms in total. The molecule has 42 heavy (non-hydrogen) atoms. The Morgan fingerprint density at radius 1 is 1.10 bits per heavy atom. The van der Waals surface area contributed by atoms with Gasteiger partial charge in [0.25, 0.3) is 5.91 Å². The van der Waals surface area contributed by atoms with Crippen LogP contribution in [-0.4, -0.2) is 53.0 Å². The maximum Gasteiger partial charge on any atom is 0.305 e. The third-order valence-corrected chi connectivity index (χ3v) is 8.91. The van der Waals surface area contributed by atoms with Crippen LogP contribution in [-0.2, 0) is 25.6 Å². The number of hydrogen-bond donors (Lipinski definition) is 2. The molecule has 2 N–H and O–H groups in total. The number of aliphatic carboxylic acids is 1. The number of halogens is 4. The molecule has 5 rings (SSSR count). The lowest BCUT2D eigenvalue weighted by atomic mass is 9.75. The van der Waals surface area contributed by atoms with Gasteiger partial charge < -0.3 is 19.7 Å². The van der Waals surface area contributed by atoms with E-state index < -0.39 is 47.2 Å². The fraction of sp³-hybridized carbons (Fsp3) is 0.355. The summed E-state index contributed by atoms with van der Waals surface area (Å²) in [6.45, 7) is 1.41. The van der Waals surface area contributed by atoms with Gasteiger partial charge in [-0.1, -0.05) is 47.5 Å². The molecule has 2 aliphatic rings. The van der Waals surface area contributed by atoms with E-state index in [2.05, 4.69) is 0 Å². The van der Waals surface area contributed by atoms with Crippen molar-refractivity contribution < 1.29 is 38.1 Å². The van der Waals surface area contributed by atoms with Crippen LogP contribution in [0.5, 0.6) is 0 Å². The molecular weight excluding hydrogens is 591 g/mol. The molecule has 2 heterocycles. The highest BCUT2D eigenvalue weighted by Gasteiger charge is 2.58. The van der Waals surface area contributed by atoms with E-state index in [1.807, 2.05) is 0 Å². The van der Waals surface area contributed by atoms with Crippen molar-refractivity contribution in [3.8, 4) is 0 Å². The van der Waals surface area contributed by atoms with Crippen LogP contribution in [0.2, 0.25) is 10.0 Å². The third kappa shape index (κ3) is 4.87. The number of amides is 1. The Balaban J connectivity index is 1.77. The molecule has 2 aliphatic heterocycles. The van der Waals surface area contributed by atoms with Crippen molar-refractivity contribution in [2.45, 2.75) is 49.2 Å². The summed E-state index contributed by atoms with van der Waals surface area (Å²) in [6, 6.07) is 13.6. The average Bonchev–Trinajstić information content (AvgIpc) is 3.21. The van der Waals surface area contributed by atoms with Crippen LogP contribution < -0.4 is 0 Å². The Labute approximate surface area is 251 Å². The number of aliphatic hydroxyl groups is 1. The lowest BCUT2D eigenvalue weighted by Crippen LogP contribution is -2.50. The Bertz CT molecular complexity index is 1510. The molecule has 1 amide bonds. The minimum Gasteiger partial charge on any atom is -0.481 e. The highest BCUT2D eigenvalue weighted by Crippen LogP contribution is 2.53. The van der Waals surface area contributed by atoms with Crippen LogP contribution in [0.1, 0.15) is 64.8 Å². The molecule has 3 aromatic carbocycles. The van der Waals surface area contributed by atoms with Gasteiger partial charge in [0.2, 0.25) is 0 Å². The molecular formula is C31H29Cl2F2NO6. The van der Waals surface area contributed by atoms with Gasteiger partial charge >= 0.3 is 5.97 Å². The normalized spacial score (nSPS) is 22.0. The zero-order valence-electron chi connectivity index (χ0n) is 22.9. The van der Waals surface area contributed by atoms with Gasteiger partial charge in [-0.25, -0.2) is 8.78 Å². The van der Waals surface area contributed by atoms with Crippen LogP contribution in [0.15, 0.2) is 60.7 Å². The molecule has 3 aromatic rings. The maximum atomic E-state index is 16.5. The predicted molar refractivity (Wildman–Crippen MR) is 152 cm³/mol. The first kappa shape index (κ1) is 30.4. The summed E-state index contributed by atoms with van der Waals surface area (Å²) in [5.74, 6) is -2.92. The van der Waals surface area contributed by atoms with Gasteiger partial charge in [0.1, 0.15) is 17.1 Å². The quantitative estimate of drug-likeness (QED) is 0.304. The largest absolute Gasteiger partial charge is 0.481 e. The number of alkyl halides is 1. The van der Waals surface area contributed by atoms with Gasteiger partial charge in [-0.3, -0.25) is 14.5 Å². The lowest BCUT2D eigenvalue weighted by molar-refractivity contribution is -0.143. The smallest absolute Gasteiger partial charge is 0.305 e. The third-order valence-electron chi connectivity index (χ3n) is 8.40. The number of carbonyl (C=O) groups is 2. The Morgan fingerprint density at radius 3 is 2.21 bits per heavy atom. The minimum absolute atomic E-state index is 0.0775. The van der Waals surface area contributed by atoms with Crippen LogP contribution >= 0.6 is 23.2 Å². The zero-order chi connectivity index (χ0) is 30.4. The topological polar surface area (TPSA) is 96.3 Å². The second kappa shape index (κ2) is 11.2. The maximum absolute atomic E-state index is 16.5. The van der Waals surface area contributed by atoms with Crippen molar-refractivity contribution in [2.24, 2.45) is 0 Å². The molecule has 0 saturated carbocycles. The van der Waals surface area contributed by atoms with Crippen molar-refractivity contribution in [1.82, 2.24) is 4.90 Å². The number of benzene rings is 3. The van der Waals surface area contributed by atoms with Gasteiger partial charge in [0.05, 0.1) is 23.6 Å². The highest BCUT2D eigenvalue weighted by molar-refractivity contribution is 6.30. The SMILES string of the molecule is CO[C@]1(c2ccc(Cl)cc2)c2c(F)cc(C(C)(O)C3(F)CCOCC3)cc2C(=O)N1C(CC(=O)O)c1ccc(Cl)cc1. The molecule has 3 atom stereocenters. The summed E-state index contributed by atoms with van der Waals surface area (Å²) in [4.78, 5) is 27.7. The van der Waals surface area contributed by atoms with E-state index >= 15 is 8.78 Å². The number of carbonyl (C=O) groups excluding carboxylic acids is 1. The average molecular weight is 620 g/mol. The van der Waals surface area contributed by atoms with Crippen molar-refractivity contribution in [3.63, 3.8) is 0 Å². The molecule has 11 heteroatoms. The number of hydrogen-bond acceptors (Lipinski definition) is 5. The Morgan fingerprint density at radius 2 is 1.67 bits per heavy atom. The summed E-state index contributed by atoms with van der Waals surface area (Å²) < 4.78 is 43.8. The predicted octanol–water partition coefficient (Wildman–Crippen LogP) is 6.38. The first-order valence-electron chi connectivity index (χ1n) is 13.3. The number of rotatable bonds is 8. The van der Waals surface area contributed by atoms with Crippen molar-refractivity contribution in [2.75, 3.05) is 20.3 Å². The van der Waals surface area contributed by atoms with E-state index in [9.17, 15) is 19.8 Å². The van der Waals surface area contributed by atoms with Crippen LogP contribution in [0.25, 0.3) is 0 Å². The first-order chi connectivity index (χ1) is 19.9. The first-order valence-corrected chi connectivity index (χ1v) is 14.1. The van der Waals surface area contributed by atoms with E-state index in [-0.39, 0.29) is 42.7 Å². The molecule has 1 saturated heterocycles. The van der Waals surface area contributed by atoms with E-state index in [0.717, 1.165) is 6.07 Å². The number of methoxy groups -OCH3 is 1. The molecule has 1 fully saturated rings. The molecule has 0 aliphatic carbocycles. The highest BCUT2D eigenvalue weighted by atomic mass is 35.5. The number of ether oxygens (including phenoxy) is 2. The molecule has 0 bridgehead atoms. The summed E-state index contributed by atoms with van der Waals surface area (Å²) >= 11 is 12.2. The van der Waals surface area contributed by atoms with Gasteiger partial charge in [-0.2, -0.15) is 0 Å². The molecule has 0 radical (unpaired) electrons. The van der Waals surface area contributed by atoms with E-state index in [1.165, 1.54) is 25.0 Å². The van der Waals surface area contributed by atoms with E-state index in [1.54, 1.807) is 48.5 Å². The van der Waals surface area contributed by atoms with Crippen molar-refractivity contribution in [3.05, 3.63) is 104 Å². The summed E-state index contributed by atoms with van der Waals surface area (Å²) in [7, 11) is 1.28. The van der Waals surface area contributed by atoms with Crippen molar-refractivity contribution >= 4 is 35.1 Å². The summed E-state index contributed by atoms with van der Waals surface area (Å²) in [6.07, 6.45) is -0.800. The molecule has 0 spiro atoms. The fourth-order valence-corrected chi connectivity index (χ4v) is 6.33. The summed E-state index contributed by atoms with van der Waals surface area (Å²) in [5, 5.41) is 22.2. The monoisotopic (exact) mass is 619 g/mol. The standard InChI is InChI=1S/C31H29Cl2F2NO6/c1-29(40,30(35)11-13-42-14-12-30)20-15-23-27(24(34)16-20)31(41-2,19-5-9-22(33)10-6-19)36(28(23)39)25(17-26(37)38)18-3-7-21(32)8-4-18/h3-10,15-16,25,40H,11-14,17H2,1-2H3,(H,37,38)/t25?,29?,31-/m1/s1. The Hall–Kier alpha value is -3.08. The number of carboxylic acids is 1. The Kier molecular flexibility index (Phi) is 8.10. The molecule has 222 valence electrons. The molecule has 0 aromatic heterocycles. The van der Waals surface area contributed by atoms with Gasteiger partial charge in [-0.15, -0.1) is 0 Å². The van der Waals surface area contributed by atoms with E-state index in [0.29, 0.717) is 21.2 Å². The zero-order valence-corrected chi connectivity index (χ0v) is 24.4. The van der Waals surface area contributed by atoms with Crippen LogP contribution in [0.4, 0.5) is 8.78 Å². The number of fused-ring (bicyclic) bond motifs is 1. The van der Waals surface area contributed by atoms with Crippen LogP contribution in [0.3, 0.4) is 0 Å². The molecule has 2 unspecified atom stereocenters. The second-order valence-electron chi connectivity index (χ2n) is 10.7.